The van der Waals surface area contributed by atoms with Crippen LogP contribution in [-0.4, -0.2) is 12.1 Å². The molecule has 2 atom stereocenters. The largest absolute Gasteiger partial charge is 0.324 e. The molecule has 0 aromatic heterocycles. The first-order chi connectivity index (χ1) is 5.40. The van der Waals surface area contributed by atoms with E-state index in [1.165, 1.54) is 6.07 Å². The molecule has 7 heteroatoms. The zero-order valence-electron chi connectivity index (χ0n) is 6.40. The Balaban J connectivity index is 4.12. The van der Waals surface area contributed by atoms with E-state index in [9.17, 15) is 14.0 Å². The number of nitrogens with zero attached hydrogens (tertiary/aromatic N) is 1. The fraction of sp³-hybridized carbons (Fsp3) is 0.800. The summed E-state index contributed by atoms with van der Waals surface area (Å²) in [5.74, 6) is 0. The summed E-state index contributed by atoms with van der Waals surface area (Å²) in [4.78, 5) is 0. The Bertz CT molecular complexity index is 175. The number of rotatable bonds is 4. The van der Waals surface area contributed by atoms with Crippen molar-refractivity contribution in [2.24, 2.45) is 5.73 Å². The summed E-state index contributed by atoms with van der Waals surface area (Å²) < 4.78 is 33.9. The molecule has 0 saturated heterocycles. The molecule has 0 heterocycles. The minimum atomic E-state index is -4.58. The Morgan fingerprint density at radius 1 is 1.58 bits per heavy atom. The van der Waals surface area contributed by atoms with Gasteiger partial charge in [0, 0.05) is 0 Å². The molecule has 2 unspecified atom stereocenters. The summed E-state index contributed by atoms with van der Waals surface area (Å²) in [5, 5.41) is 8.33. The van der Waals surface area contributed by atoms with Crippen LogP contribution in [0.2, 0.25) is 0 Å². The lowest BCUT2D eigenvalue weighted by Gasteiger charge is -2.17. The standard InChI is InChI=1S/C5H9ClN2O4/c1-2-4(8)5(3-7)12-6(9,10)11/h4-5H,2,8H2,1H3. The molecule has 0 aliphatic carbocycles. The lowest BCUT2D eigenvalue weighted by Crippen LogP contribution is -2.63. The van der Waals surface area contributed by atoms with Crippen molar-refractivity contribution in [3.8, 4) is 6.07 Å². The molecular formula is C5H9ClN2O4. The van der Waals surface area contributed by atoms with Crippen molar-refractivity contribution < 1.29 is 28.5 Å². The molecule has 0 aliphatic heterocycles. The van der Waals surface area contributed by atoms with Gasteiger partial charge >= 0.3 is 6.10 Å². The van der Waals surface area contributed by atoms with Crippen LogP contribution in [0, 0.1) is 21.6 Å². The smallest absolute Gasteiger partial charge is 0.312 e. The molecular weight excluding hydrogens is 188 g/mol. The van der Waals surface area contributed by atoms with Crippen LogP contribution in [0.4, 0.5) is 0 Å². The van der Waals surface area contributed by atoms with Crippen molar-refractivity contribution in [3.05, 3.63) is 0 Å². The van der Waals surface area contributed by atoms with Crippen molar-refractivity contribution >= 4 is 0 Å². The van der Waals surface area contributed by atoms with Crippen molar-refractivity contribution in [1.82, 2.24) is 0 Å². The molecule has 0 saturated carbocycles. The van der Waals surface area contributed by atoms with Crippen LogP contribution in [0.3, 0.4) is 0 Å². The van der Waals surface area contributed by atoms with Gasteiger partial charge in [-0.05, 0) is 6.42 Å². The van der Waals surface area contributed by atoms with Gasteiger partial charge < -0.3 is 5.73 Å². The van der Waals surface area contributed by atoms with E-state index in [2.05, 4.69) is 4.29 Å². The summed E-state index contributed by atoms with van der Waals surface area (Å²) in [5.41, 5.74) is 5.28. The van der Waals surface area contributed by atoms with E-state index in [1.807, 2.05) is 0 Å². The molecule has 6 nitrogen and oxygen atoms in total. The van der Waals surface area contributed by atoms with Gasteiger partial charge in [0.15, 0.2) is 0 Å². The summed E-state index contributed by atoms with van der Waals surface area (Å²) in [6.07, 6.45) is -1.05. The second-order valence-electron chi connectivity index (χ2n) is 2.09. The van der Waals surface area contributed by atoms with Gasteiger partial charge in [0.25, 0.3) is 0 Å². The highest BCUT2D eigenvalue weighted by atomic mass is 35.7. The third-order valence-electron chi connectivity index (χ3n) is 1.19. The minimum Gasteiger partial charge on any atom is -0.324 e. The maximum Gasteiger partial charge on any atom is 0.312 e. The third-order valence-corrected chi connectivity index (χ3v) is 1.60. The SMILES string of the molecule is CCC(N)C(C#N)O[Cl+3]([O-])([O-])[O-]. The highest BCUT2D eigenvalue weighted by molar-refractivity contribution is 4.90. The maximum atomic E-state index is 10.0. The number of halogens is 1. The minimum absolute atomic E-state index is 0.350. The predicted octanol–water partition coefficient (Wildman–Crippen LogP) is -3.47. The van der Waals surface area contributed by atoms with Gasteiger partial charge in [0.2, 0.25) is 0 Å². The van der Waals surface area contributed by atoms with E-state index >= 15 is 0 Å². The van der Waals surface area contributed by atoms with Gasteiger partial charge in [-0.3, -0.25) is 0 Å². The molecule has 0 rings (SSSR count). The Hall–Kier alpha value is -0.420. The van der Waals surface area contributed by atoms with Crippen molar-refractivity contribution in [1.29, 1.82) is 5.26 Å². The average Bonchev–Trinajstić information content (AvgIpc) is 1.97. The van der Waals surface area contributed by atoms with Crippen LogP contribution in [0.1, 0.15) is 13.3 Å². The average molecular weight is 197 g/mol. The Morgan fingerprint density at radius 3 is 2.33 bits per heavy atom. The van der Waals surface area contributed by atoms with E-state index in [0.717, 1.165) is 0 Å². The van der Waals surface area contributed by atoms with E-state index in [4.69, 9.17) is 11.0 Å². The normalized spacial score (nSPS) is 16.7. The number of hydrogen-bond donors (Lipinski definition) is 1. The number of nitrogens with two attached hydrogens (primary N) is 1. The Morgan fingerprint density at radius 2 is 2.08 bits per heavy atom. The maximum absolute atomic E-state index is 10.0. The first-order valence-corrected chi connectivity index (χ1v) is 4.38. The van der Waals surface area contributed by atoms with E-state index < -0.39 is 22.4 Å². The fourth-order valence-corrected chi connectivity index (χ4v) is 0.920. The highest BCUT2D eigenvalue weighted by Gasteiger charge is 2.32. The van der Waals surface area contributed by atoms with E-state index in [1.54, 1.807) is 6.92 Å². The van der Waals surface area contributed by atoms with Crippen LogP contribution >= 0.6 is 0 Å². The van der Waals surface area contributed by atoms with Gasteiger partial charge in [0.1, 0.15) is 6.07 Å². The molecule has 0 fully saturated rings. The summed E-state index contributed by atoms with van der Waals surface area (Å²) in [7, 11) is -4.58. The molecule has 0 aromatic carbocycles. The first-order valence-electron chi connectivity index (χ1n) is 3.15. The molecule has 0 aromatic rings. The van der Waals surface area contributed by atoms with E-state index in [-0.39, 0.29) is 0 Å². The molecule has 12 heavy (non-hydrogen) atoms. The van der Waals surface area contributed by atoms with E-state index in [0.29, 0.717) is 6.42 Å². The monoisotopic (exact) mass is 196 g/mol. The Labute approximate surface area is 71.9 Å². The van der Waals surface area contributed by atoms with Gasteiger partial charge in [-0.15, -0.1) is 0 Å². The van der Waals surface area contributed by atoms with Crippen molar-refractivity contribution in [3.63, 3.8) is 0 Å². The molecule has 0 amide bonds. The lowest BCUT2D eigenvalue weighted by molar-refractivity contribution is -1.92. The van der Waals surface area contributed by atoms with Crippen LogP contribution in [0.5, 0.6) is 0 Å². The summed E-state index contributed by atoms with van der Waals surface area (Å²) >= 11 is 0. The lowest BCUT2D eigenvalue weighted by atomic mass is 10.1. The predicted molar refractivity (Wildman–Crippen MR) is 28.8 cm³/mol. The van der Waals surface area contributed by atoms with Crippen molar-refractivity contribution in [2.45, 2.75) is 25.5 Å². The van der Waals surface area contributed by atoms with Crippen LogP contribution in [0.15, 0.2) is 0 Å². The quantitative estimate of drug-likeness (QED) is 0.497. The van der Waals surface area contributed by atoms with Gasteiger partial charge in [-0.25, -0.2) is 0 Å². The molecule has 0 bridgehead atoms. The van der Waals surface area contributed by atoms with Crippen LogP contribution in [0.25, 0.3) is 0 Å². The van der Waals surface area contributed by atoms with Crippen LogP contribution < -0.4 is 19.7 Å². The third kappa shape index (κ3) is 4.46. The summed E-state index contributed by atoms with van der Waals surface area (Å²) in [6, 6.07) is 0.704. The second kappa shape index (κ2) is 4.57. The molecule has 0 radical (unpaired) electrons. The topological polar surface area (TPSA) is 128 Å². The zero-order valence-corrected chi connectivity index (χ0v) is 7.15. The molecule has 2 N–H and O–H groups in total. The second-order valence-corrected chi connectivity index (χ2v) is 3.02. The summed E-state index contributed by atoms with van der Waals surface area (Å²) in [6.45, 7) is 1.65. The van der Waals surface area contributed by atoms with Crippen molar-refractivity contribution in [2.75, 3.05) is 0 Å². The molecule has 70 valence electrons. The Kier molecular flexibility index (Phi) is 4.41. The molecule has 0 aliphatic rings. The zero-order chi connectivity index (χ0) is 9.78. The van der Waals surface area contributed by atoms with Gasteiger partial charge in [-0.1, -0.05) is 6.92 Å². The highest BCUT2D eigenvalue weighted by Crippen LogP contribution is 2.04. The van der Waals surface area contributed by atoms with Gasteiger partial charge in [0.05, 0.1) is 20.6 Å². The first kappa shape index (κ1) is 11.6. The fourth-order valence-electron chi connectivity index (χ4n) is 0.513. The molecule has 0 spiro atoms. The van der Waals surface area contributed by atoms with Crippen LogP contribution in [-0.2, 0) is 4.29 Å². The van der Waals surface area contributed by atoms with Gasteiger partial charge in [-0.2, -0.15) is 19.2 Å². The number of hydrogen-bond acceptors (Lipinski definition) is 6. The number of nitriles is 1.